The van der Waals surface area contributed by atoms with Crippen LogP contribution in [0.25, 0.3) is 0 Å². The summed E-state index contributed by atoms with van der Waals surface area (Å²) in [4.78, 5) is 16.1. The maximum atomic E-state index is 11.8. The highest BCUT2D eigenvalue weighted by atomic mass is 79.9. The smallest absolute Gasteiger partial charge is 0.291 e. The van der Waals surface area contributed by atoms with Gasteiger partial charge in [0, 0.05) is 4.47 Å². The molecule has 22 heavy (non-hydrogen) atoms. The molecule has 0 atom stereocenters. The number of carbonyl (C=O) groups is 1. The van der Waals surface area contributed by atoms with Crippen molar-refractivity contribution in [2.24, 2.45) is 0 Å². The Labute approximate surface area is 135 Å². The van der Waals surface area contributed by atoms with E-state index < -0.39 is 0 Å². The molecule has 0 unspecified atom stereocenters. The van der Waals surface area contributed by atoms with Crippen molar-refractivity contribution in [3.05, 3.63) is 71.2 Å². The van der Waals surface area contributed by atoms with Crippen molar-refractivity contribution in [3.63, 3.8) is 0 Å². The maximum absolute atomic E-state index is 11.8. The van der Waals surface area contributed by atoms with Gasteiger partial charge in [-0.15, -0.1) is 0 Å². The van der Waals surface area contributed by atoms with Gasteiger partial charge in [-0.2, -0.15) is 0 Å². The number of benzene rings is 1. The number of amides is 1. The monoisotopic (exact) mass is 357 g/mol. The fraction of sp³-hybridized carbons (Fsp3) is 0. The molecule has 0 saturated heterocycles. The Morgan fingerprint density at radius 2 is 1.95 bits per heavy atom. The van der Waals surface area contributed by atoms with Crippen molar-refractivity contribution < 1.29 is 9.21 Å². The first-order valence-electron chi connectivity index (χ1n) is 6.55. The summed E-state index contributed by atoms with van der Waals surface area (Å²) < 4.78 is 5.98. The largest absolute Gasteiger partial charge is 0.459 e. The zero-order valence-corrected chi connectivity index (χ0v) is 13.0. The molecule has 0 bridgehead atoms. The van der Waals surface area contributed by atoms with Crippen LogP contribution in [0.15, 0.2) is 69.9 Å². The molecule has 0 saturated carbocycles. The lowest BCUT2D eigenvalue weighted by atomic mass is 10.3. The number of nitrogens with zero attached hydrogens (tertiary/aromatic N) is 1. The highest BCUT2D eigenvalue weighted by Gasteiger charge is 2.08. The normalized spacial score (nSPS) is 10.2. The summed E-state index contributed by atoms with van der Waals surface area (Å²) in [6.45, 7) is 0. The molecular weight excluding hydrogens is 346 g/mol. The van der Waals surface area contributed by atoms with Crippen molar-refractivity contribution in [2.45, 2.75) is 0 Å². The molecule has 5 nitrogen and oxygen atoms in total. The molecule has 6 heteroatoms. The second-order valence-corrected chi connectivity index (χ2v) is 5.32. The molecule has 3 aromatic rings. The number of halogens is 1. The van der Waals surface area contributed by atoms with Crippen LogP contribution in [-0.4, -0.2) is 10.9 Å². The predicted octanol–water partition coefficient (Wildman–Crippen LogP) is 4.43. The van der Waals surface area contributed by atoms with Crippen LogP contribution < -0.4 is 10.6 Å². The van der Waals surface area contributed by atoms with Gasteiger partial charge in [0.2, 0.25) is 0 Å². The van der Waals surface area contributed by atoms with Gasteiger partial charge >= 0.3 is 0 Å². The van der Waals surface area contributed by atoms with Crippen LogP contribution in [-0.2, 0) is 0 Å². The number of hydrogen-bond donors (Lipinski definition) is 2. The minimum Gasteiger partial charge on any atom is -0.459 e. The number of carbonyl (C=O) groups excluding carboxylic acids is 1. The summed E-state index contributed by atoms with van der Waals surface area (Å²) in [6.07, 6.45) is 3.04. The minimum absolute atomic E-state index is 0.260. The van der Waals surface area contributed by atoms with Crippen molar-refractivity contribution >= 4 is 39.0 Å². The molecule has 0 radical (unpaired) electrons. The Hall–Kier alpha value is -2.60. The zero-order valence-electron chi connectivity index (χ0n) is 11.4. The Bertz CT molecular complexity index is 770. The van der Waals surface area contributed by atoms with Crippen LogP contribution in [0.3, 0.4) is 0 Å². The lowest BCUT2D eigenvalue weighted by Gasteiger charge is -2.08. The van der Waals surface area contributed by atoms with E-state index in [1.54, 1.807) is 30.5 Å². The van der Waals surface area contributed by atoms with Gasteiger partial charge in [-0.1, -0.05) is 12.1 Å². The average molecular weight is 358 g/mol. The van der Waals surface area contributed by atoms with Crippen LogP contribution in [0.2, 0.25) is 0 Å². The summed E-state index contributed by atoms with van der Waals surface area (Å²) in [5, 5.41) is 5.91. The molecular formula is C16H12BrN3O2. The first kappa shape index (κ1) is 14.3. The number of anilines is 3. The second-order valence-electron chi connectivity index (χ2n) is 4.47. The Kier molecular flexibility index (Phi) is 4.20. The van der Waals surface area contributed by atoms with Crippen molar-refractivity contribution in [1.82, 2.24) is 4.98 Å². The molecule has 110 valence electrons. The third-order valence-corrected chi connectivity index (χ3v) is 3.59. The molecule has 2 heterocycles. The van der Waals surface area contributed by atoms with E-state index in [0.717, 1.165) is 10.2 Å². The van der Waals surface area contributed by atoms with E-state index in [-0.39, 0.29) is 11.7 Å². The van der Waals surface area contributed by atoms with Crippen molar-refractivity contribution in [3.8, 4) is 0 Å². The summed E-state index contributed by atoms with van der Waals surface area (Å²) in [7, 11) is 0. The third kappa shape index (κ3) is 3.35. The van der Waals surface area contributed by atoms with Gasteiger partial charge in [0.1, 0.15) is 5.82 Å². The number of aromatic nitrogens is 1. The lowest BCUT2D eigenvalue weighted by Crippen LogP contribution is -2.11. The van der Waals surface area contributed by atoms with Crippen LogP contribution in [0.1, 0.15) is 10.6 Å². The van der Waals surface area contributed by atoms with E-state index in [9.17, 15) is 4.79 Å². The predicted molar refractivity (Wildman–Crippen MR) is 88.3 cm³/mol. The number of para-hydroxylation sites is 1. The van der Waals surface area contributed by atoms with Gasteiger partial charge in [-0.3, -0.25) is 4.79 Å². The second kappa shape index (κ2) is 6.44. The van der Waals surface area contributed by atoms with Gasteiger partial charge in [0.05, 0.1) is 23.8 Å². The van der Waals surface area contributed by atoms with Gasteiger partial charge in [-0.25, -0.2) is 4.98 Å². The van der Waals surface area contributed by atoms with Gasteiger partial charge < -0.3 is 15.1 Å². The first-order chi connectivity index (χ1) is 10.7. The molecule has 1 aromatic carbocycles. The maximum Gasteiger partial charge on any atom is 0.291 e. The summed E-state index contributed by atoms with van der Waals surface area (Å²) in [5.74, 6) is 0.636. The fourth-order valence-corrected chi connectivity index (χ4v) is 2.23. The third-order valence-electron chi connectivity index (χ3n) is 2.90. The number of hydrogen-bond acceptors (Lipinski definition) is 4. The molecule has 0 aliphatic rings. The quantitative estimate of drug-likeness (QED) is 0.724. The molecule has 2 N–H and O–H groups in total. The van der Waals surface area contributed by atoms with E-state index >= 15 is 0 Å². The van der Waals surface area contributed by atoms with Crippen LogP contribution in [0.4, 0.5) is 17.2 Å². The fourth-order valence-electron chi connectivity index (χ4n) is 1.84. The van der Waals surface area contributed by atoms with Crippen LogP contribution in [0, 0.1) is 0 Å². The summed E-state index contributed by atoms with van der Waals surface area (Å²) in [5.41, 5.74) is 1.52. The van der Waals surface area contributed by atoms with Crippen molar-refractivity contribution in [1.29, 1.82) is 0 Å². The van der Waals surface area contributed by atoms with Gasteiger partial charge in [-0.05, 0) is 52.3 Å². The number of pyridine rings is 1. The van der Waals surface area contributed by atoms with E-state index in [2.05, 4.69) is 31.5 Å². The zero-order chi connectivity index (χ0) is 15.4. The van der Waals surface area contributed by atoms with Crippen molar-refractivity contribution in [2.75, 3.05) is 10.6 Å². The van der Waals surface area contributed by atoms with Crippen LogP contribution >= 0.6 is 15.9 Å². The standard InChI is InChI=1S/C16H12BrN3O2/c17-12-4-1-2-5-13(12)20-15-8-7-11(10-18-15)19-16(21)14-6-3-9-22-14/h1-10H,(H,18,20)(H,19,21). The molecule has 1 amide bonds. The molecule has 2 aromatic heterocycles. The molecule has 0 spiro atoms. The van der Waals surface area contributed by atoms with Gasteiger partial charge in [0.25, 0.3) is 5.91 Å². The Balaban J connectivity index is 1.68. The summed E-state index contributed by atoms with van der Waals surface area (Å²) >= 11 is 3.47. The minimum atomic E-state index is -0.307. The summed E-state index contributed by atoms with van der Waals surface area (Å²) in [6, 6.07) is 14.6. The SMILES string of the molecule is O=C(Nc1ccc(Nc2ccccc2Br)nc1)c1ccco1. The Morgan fingerprint density at radius 3 is 2.64 bits per heavy atom. The molecule has 0 aliphatic heterocycles. The Morgan fingerprint density at radius 1 is 1.09 bits per heavy atom. The van der Waals surface area contributed by atoms with Gasteiger partial charge in [0.15, 0.2) is 5.76 Å². The topological polar surface area (TPSA) is 67.2 Å². The number of furan rings is 1. The first-order valence-corrected chi connectivity index (χ1v) is 7.34. The van der Waals surface area contributed by atoms with E-state index in [0.29, 0.717) is 11.5 Å². The number of rotatable bonds is 4. The van der Waals surface area contributed by atoms with E-state index in [1.165, 1.54) is 6.26 Å². The van der Waals surface area contributed by atoms with E-state index in [1.807, 2.05) is 24.3 Å². The number of nitrogens with one attached hydrogen (secondary N) is 2. The van der Waals surface area contributed by atoms with E-state index in [4.69, 9.17) is 4.42 Å². The molecule has 3 rings (SSSR count). The lowest BCUT2D eigenvalue weighted by molar-refractivity contribution is 0.0996. The average Bonchev–Trinajstić information content (AvgIpc) is 3.06. The van der Waals surface area contributed by atoms with Crippen LogP contribution in [0.5, 0.6) is 0 Å². The highest BCUT2D eigenvalue weighted by Crippen LogP contribution is 2.24. The molecule has 0 aliphatic carbocycles. The molecule has 0 fully saturated rings. The highest BCUT2D eigenvalue weighted by molar-refractivity contribution is 9.10.